The number of rotatable bonds is 4. The van der Waals surface area contributed by atoms with Gasteiger partial charge in [0.2, 0.25) is 0 Å². The lowest BCUT2D eigenvalue weighted by molar-refractivity contribution is 0.102. The van der Waals surface area contributed by atoms with Crippen molar-refractivity contribution in [3.05, 3.63) is 58.9 Å². The summed E-state index contributed by atoms with van der Waals surface area (Å²) >= 11 is 5.62. The highest BCUT2D eigenvalue weighted by Crippen LogP contribution is 2.18. The first-order valence-corrected chi connectivity index (χ1v) is 6.46. The molecule has 2 nitrogen and oxygen atoms in total. The minimum Gasteiger partial charge on any atom is -0.344 e. The van der Waals surface area contributed by atoms with Crippen molar-refractivity contribution in [1.82, 2.24) is 4.57 Å². The number of alkyl halides is 1. The standard InChI is InChI=1S/C15H16ClNO/c1-11-8-14(15(18)9-16)12(2)17(11)10-13-6-4-3-5-7-13/h3-8H,9-10H2,1-2H3. The van der Waals surface area contributed by atoms with Crippen LogP contribution in [0.1, 0.15) is 27.3 Å². The smallest absolute Gasteiger partial charge is 0.179 e. The molecule has 0 fully saturated rings. The zero-order valence-corrected chi connectivity index (χ0v) is 11.4. The fraction of sp³-hybridized carbons (Fsp3) is 0.267. The van der Waals surface area contributed by atoms with Crippen LogP contribution in [0.25, 0.3) is 0 Å². The number of halogens is 1. The van der Waals surface area contributed by atoms with E-state index in [4.69, 9.17) is 11.6 Å². The zero-order valence-electron chi connectivity index (χ0n) is 10.6. The van der Waals surface area contributed by atoms with Gasteiger partial charge in [0.25, 0.3) is 0 Å². The van der Waals surface area contributed by atoms with E-state index in [0.29, 0.717) is 0 Å². The molecule has 3 heteroatoms. The fourth-order valence-corrected chi connectivity index (χ4v) is 2.31. The number of carbonyl (C=O) groups excluding carboxylic acids is 1. The second kappa shape index (κ2) is 5.40. The Kier molecular flexibility index (Phi) is 3.87. The first-order valence-electron chi connectivity index (χ1n) is 5.93. The predicted octanol–water partition coefficient (Wildman–Crippen LogP) is 3.57. The maximum atomic E-state index is 11.7. The predicted molar refractivity (Wildman–Crippen MR) is 74.5 cm³/mol. The molecule has 0 bridgehead atoms. The lowest BCUT2D eigenvalue weighted by atomic mass is 10.2. The van der Waals surface area contributed by atoms with Crippen LogP contribution in [0.4, 0.5) is 0 Å². The third kappa shape index (κ3) is 2.49. The monoisotopic (exact) mass is 261 g/mol. The molecule has 1 aromatic carbocycles. The van der Waals surface area contributed by atoms with Crippen LogP contribution in [0.3, 0.4) is 0 Å². The molecule has 0 saturated heterocycles. The quantitative estimate of drug-likeness (QED) is 0.609. The topological polar surface area (TPSA) is 22.0 Å². The highest BCUT2D eigenvalue weighted by Gasteiger charge is 2.14. The molecule has 0 radical (unpaired) electrons. The number of hydrogen-bond acceptors (Lipinski definition) is 1. The second-order valence-electron chi connectivity index (χ2n) is 4.41. The van der Waals surface area contributed by atoms with E-state index in [1.807, 2.05) is 38.1 Å². The lowest BCUT2D eigenvalue weighted by Gasteiger charge is -2.09. The van der Waals surface area contributed by atoms with Crippen LogP contribution < -0.4 is 0 Å². The molecule has 1 heterocycles. The lowest BCUT2D eigenvalue weighted by Crippen LogP contribution is -2.06. The first kappa shape index (κ1) is 12.9. The van der Waals surface area contributed by atoms with E-state index < -0.39 is 0 Å². The average Bonchev–Trinajstić information content (AvgIpc) is 2.67. The van der Waals surface area contributed by atoms with E-state index in [2.05, 4.69) is 16.7 Å². The number of nitrogens with zero attached hydrogens (tertiary/aromatic N) is 1. The summed E-state index contributed by atoms with van der Waals surface area (Å²) in [5.74, 6) is 0.0272. The minimum atomic E-state index is -0.0101. The number of aromatic nitrogens is 1. The molecule has 1 aromatic heterocycles. The van der Waals surface area contributed by atoms with Crippen molar-refractivity contribution < 1.29 is 4.79 Å². The van der Waals surface area contributed by atoms with Gasteiger partial charge in [0.15, 0.2) is 5.78 Å². The Hall–Kier alpha value is -1.54. The number of hydrogen-bond donors (Lipinski definition) is 0. The van der Waals surface area contributed by atoms with Gasteiger partial charge >= 0.3 is 0 Å². The maximum absolute atomic E-state index is 11.7. The zero-order chi connectivity index (χ0) is 13.1. The van der Waals surface area contributed by atoms with Crippen LogP contribution in [0.5, 0.6) is 0 Å². The van der Waals surface area contributed by atoms with Gasteiger partial charge in [0.1, 0.15) is 0 Å². The van der Waals surface area contributed by atoms with Gasteiger partial charge in [0, 0.05) is 23.5 Å². The van der Waals surface area contributed by atoms with E-state index in [0.717, 1.165) is 23.5 Å². The Morgan fingerprint density at radius 3 is 2.50 bits per heavy atom. The summed E-state index contributed by atoms with van der Waals surface area (Å²) in [6, 6.07) is 12.1. The van der Waals surface area contributed by atoms with E-state index in [1.165, 1.54) is 5.56 Å². The third-order valence-electron chi connectivity index (χ3n) is 3.18. The number of carbonyl (C=O) groups is 1. The van der Waals surface area contributed by atoms with Crippen LogP contribution in [0.2, 0.25) is 0 Å². The Balaban J connectivity index is 2.34. The summed E-state index contributed by atoms with van der Waals surface area (Å²) in [7, 11) is 0. The van der Waals surface area contributed by atoms with Gasteiger partial charge in [-0.25, -0.2) is 0 Å². The van der Waals surface area contributed by atoms with Crippen molar-refractivity contribution >= 4 is 17.4 Å². The SMILES string of the molecule is Cc1cc(C(=O)CCl)c(C)n1Cc1ccccc1. The molecular weight excluding hydrogens is 246 g/mol. The van der Waals surface area contributed by atoms with Crippen molar-refractivity contribution in [2.24, 2.45) is 0 Å². The van der Waals surface area contributed by atoms with E-state index >= 15 is 0 Å². The molecule has 0 saturated carbocycles. The summed E-state index contributed by atoms with van der Waals surface area (Å²) in [4.78, 5) is 11.7. The summed E-state index contributed by atoms with van der Waals surface area (Å²) in [6.45, 7) is 4.77. The molecule has 2 rings (SSSR count). The van der Waals surface area contributed by atoms with Crippen molar-refractivity contribution in [3.63, 3.8) is 0 Å². The van der Waals surface area contributed by atoms with Crippen molar-refractivity contribution in [1.29, 1.82) is 0 Å². The van der Waals surface area contributed by atoms with Crippen LogP contribution in [-0.2, 0) is 6.54 Å². The molecule has 0 aliphatic rings. The molecule has 0 unspecified atom stereocenters. The van der Waals surface area contributed by atoms with Gasteiger partial charge < -0.3 is 4.57 Å². The molecule has 0 amide bonds. The number of ketones is 1. The Bertz CT molecular complexity index is 557. The molecule has 0 N–H and O–H groups in total. The summed E-state index contributed by atoms with van der Waals surface area (Å²) in [6.07, 6.45) is 0. The maximum Gasteiger partial charge on any atom is 0.179 e. The van der Waals surface area contributed by atoms with Gasteiger partial charge in [-0.15, -0.1) is 11.6 Å². The first-order chi connectivity index (χ1) is 8.63. The van der Waals surface area contributed by atoms with Crippen molar-refractivity contribution in [3.8, 4) is 0 Å². The van der Waals surface area contributed by atoms with E-state index in [-0.39, 0.29) is 11.7 Å². The third-order valence-corrected chi connectivity index (χ3v) is 3.42. The van der Waals surface area contributed by atoms with E-state index in [9.17, 15) is 4.79 Å². The van der Waals surface area contributed by atoms with E-state index in [1.54, 1.807) is 0 Å². The molecule has 0 atom stereocenters. The Morgan fingerprint density at radius 1 is 1.22 bits per heavy atom. The van der Waals surface area contributed by atoms with Gasteiger partial charge in [-0.1, -0.05) is 30.3 Å². The van der Waals surface area contributed by atoms with Crippen LogP contribution in [0, 0.1) is 13.8 Å². The normalized spacial score (nSPS) is 10.6. The van der Waals surface area contributed by atoms with Gasteiger partial charge in [-0.05, 0) is 25.5 Å². The molecule has 94 valence electrons. The fourth-order valence-electron chi connectivity index (χ4n) is 2.16. The molecule has 0 aliphatic heterocycles. The van der Waals surface area contributed by atoms with Crippen molar-refractivity contribution in [2.75, 3.05) is 5.88 Å². The van der Waals surface area contributed by atoms with Crippen molar-refractivity contribution in [2.45, 2.75) is 20.4 Å². The molecular formula is C15H16ClNO. The van der Waals surface area contributed by atoms with Crippen LogP contribution in [-0.4, -0.2) is 16.2 Å². The molecule has 0 aliphatic carbocycles. The number of aryl methyl sites for hydroxylation is 1. The Labute approximate surface area is 112 Å². The number of Topliss-reactive ketones (excluding diaryl/α,β-unsaturated/α-hetero) is 1. The molecule has 2 aromatic rings. The summed E-state index contributed by atoms with van der Waals surface area (Å²) < 4.78 is 2.15. The highest BCUT2D eigenvalue weighted by molar-refractivity contribution is 6.30. The second-order valence-corrected chi connectivity index (χ2v) is 4.68. The average molecular weight is 262 g/mol. The summed E-state index contributed by atoms with van der Waals surface area (Å²) in [5.41, 5.74) is 4.04. The van der Waals surface area contributed by atoms with Crippen LogP contribution in [0.15, 0.2) is 36.4 Å². The Morgan fingerprint density at radius 2 is 1.89 bits per heavy atom. The van der Waals surface area contributed by atoms with Gasteiger partial charge in [-0.2, -0.15) is 0 Å². The molecule has 18 heavy (non-hydrogen) atoms. The highest BCUT2D eigenvalue weighted by atomic mass is 35.5. The minimum absolute atomic E-state index is 0.0101. The largest absolute Gasteiger partial charge is 0.344 e. The summed E-state index contributed by atoms with van der Waals surface area (Å²) in [5, 5.41) is 0. The molecule has 0 spiro atoms. The van der Waals surface area contributed by atoms with Gasteiger partial charge in [-0.3, -0.25) is 4.79 Å². The number of benzene rings is 1. The van der Waals surface area contributed by atoms with Gasteiger partial charge in [0.05, 0.1) is 5.88 Å². The van der Waals surface area contributed by atoms with Crippen LogP contribution >= 0.6 is 11.6 Å².